The first kappa shape index (κ1) is 28.0. The van der Waals surface area contributed by atoms with Gasteiger partial charge in [0.2, 0.25) is 21.8 Å². The number of amides is 2. The monoisotopic (exact) mass is 505 g/mol. The van der Waals surface area contributed by atoms with Gasteiger partial charge < -0.3 is 19.7 Å². The number of nitrogens with one attached hydrogen (secondary N) is 1. The summed E-state index contributed by atoms with van der Waals surface area (Å²) in [5.41, 5.74) is 1.03. The third-order valence-electron chi connectivity index (χ3n) is 5.48. The molecule has 0 aliphatic rings. The fourth-order valence-electron chi connectivity index (χ4n) is 3.64. The van der Waals surface area contributed by atoms with E-state index in [2.05, 4.69) is 5.32 Å². The highest BCUT2D eigenvalue weighted by Gasteiger charge is 2.32. The van der Waals surface area contributed by atoms with Crippen LogP contribution in [0.1, 0.15) is 32.3 Å². The Bertz CT molecular complexity index is 1090. The van der Waals surface area contributed by atoms with Crippen LogP contribution in [0, 0.1) is 0 Å². The van der Waals surface area contributed by atoms with Gasteiger partial charge in [0.15, 0.2) is 0 Å². The minimum atomic E-state index is -3.84. The molecule has 0 aromatic heterocycles. The van der Waals surface area contributed by atoms with E-state index in [9.17, 15) is 18.0 Å². The maximum atomic E-state index is 13.7. The molecule has 0 radical (unpaired) electrons. The number of hydrogen-bond donors (Lipinski definition) is 1. The van der Waals surface area contributed by atoms with Crippen molar-refractivity contribution in [3.05, 3.63) is 54.1 Å². The summed E-state index contributed by atoms with van der Waals surface area (Å²) in [6.07, 6.45) is 2.15. The molecule has 10 heteroatoms. The summed E-state index contributed by atoms with van der Waals surface area (Å²) in [5, 5.41) is 2.85. The number of sulfonamides is 1. The normalized spacial score (nSPS) is 11.9. The molecule has 0 heterocycles. The first-order valence-corrected chi connectivity index (χ1v) is 13.3. The summed E-state index contributed by atoms with van der Waals surface area (Å²) in [6.45, 7) is 3.89. The quantitative estimate of drug-likeness (QED) is 0.449. The maximum absolute atomic E-state index is 13.7. The van der Waals surface area contributed by atoms with Gasteiger partial charge in [0.1, 0.15) is 24.1 Å². The molecule has 9 nitrogen and oxygen atoms in total. The van der Waals surface area contributed by atoms with Gasteiger partial charge in [0.05, 0.1) is 26.2 Å². The van der Waals surface area contributed by atoms with Crippen molar-refractivity contribution < 1.29 is 27.5 Å². The molecule has 1 N–H and O–H groups in total. The van der Waals surface area contributed by atoms with Crippen molar-refractivity contribution in [1.29, 1.82) is 0 Å². The number of anilines is 1. The summed E-state index contributed by atoms with van der Waals surface area (Å²) in [4.78, 5) is 28.0. The van der Waals surface area contributed by atoms with Gasteiger partial charge >= 0.3 is 0 Å². The fraction of sp³-hybridized carbons (Fsp3) is 0.440. The van der Waals surface area contributed by atoms with Crippen molar-refractivity contribution in [2.24, 2.45) is 0 Å². The minimum absolute atomic E-state index is 0.129. The lowest BCUT2D eigenvalue weighted by molar-refractivity contribution is -0.140. The first-order valence-electron chi connectivity index (χ1n) is 11.5. The van der Waals surface area contributed by atoms with Crippen molar-refractivity contribution in [2.75, 3.05) is 37.9 Å². The Balaban J connectivity index is 2.45. The van der Waals surface area contributed by atoms with Crippen molar-refractivity contribution in [1.82, 2.24) is 10.2 Å². The van der Waals surface area contributed by atoms with Crippen LogP contribution in [0.3, 0.4) is 0 Å². The molecular weight excluding hydrogens is 470 g/mol. The molecule has 192 valence electrons. The van der Waals surface area contributed by atoms with Crippen LogP contribution in [-0.4, -0.2) is 64.7 Å². The van der Waals surface area contributed by atoms with E-state index in [0.29, 0.717) is 24.5 Å². The molecule has 0 saturated carbocycles. The Morgan fingerprint density at radius 2 is 1.66 bits per heavy atom. The Labute approximate surface area is 208 Å². The topological polar surface area (TPSA) is 105 Å². The summed E-state index contributed by atoms with van der Waals surface area (Å²) < 4.78 is 37.0. The molecule has 0 spiro atoms. The first-order chi connectivity index (χ1) is 16.7. The number of carbonyl (C=O) groups is 2. The molecule has 0 bridgehead atoms. The predicted molar refractivity (Wildman–Crippen MR) is 136 cm³/mol. The molecular formula is C25H35N3O6S. The number of carbonyl (C=O) groups excluding carboxylic acids is 2. The number of hydrogen-bond acceptors (Lipinski definition) is 6. The highest BCUT2D eigenvalue weighted by atomic mass is 32.2. The van der Waals surface area contributed by atoms with Crippen molar-refractivity contribution >= 4 is 27.5 Å². The lowest BCUT2D eigenvalue weighted by Crippen LogP contribution is -2.52. The molecule has 2 rings (SSSR count). The Morgan fingerprint density at radius 1 is 1.00 bits per heavy atom. The van der Waals surface area contributed by atoms with E-state index in [1.54, 1.807) is 43.5 Å². The van der Waals surface area contributed by atoms with E-state index in [1.807, 2.05) is 26.0 Å². The zero-order chi connectivity index (χ0) is 26.0. The number of ether oxygens (including phenoxy) is 2. The zero-order valence-corrected chi connectivity index (χ0v) is 21.8. The zero-order valence-electron chi connectivity index (χ0n) is 21.0. The summed E-state index contributed by atoms with van der Waals surface area (Å²) in [7, 11) is -0.843. The Hall–Kier alpha value is -3.27. The number of benzene rings is 2. The molecule has 0 unspecified atom stereocenters. The van der Waals surface area contributed by atoms with Gasteiger partial charge in [-0.2, -0.15) is 0 Å². The number of para-hydroxylation sites is 2. The average molecular weight is 506 g/mol. The summed E-state index contributed by atoms with van der Waals surface area (Å²) >= 11 is 0. The third kappa shape index (κ3) is 7.61. The second kappa shape index (κ2) is 13.0. The Morgan fingerprint density at radius 3 is 2.20 bits per heavy atom. The largest absolute Gasteiger partial charge is 0.497 e. The second-order valence-corrected chi connectivity index (χ2v) is 9.93. The molecule has 0 saturated heterocycles. The predicted octanol–water partition coefficient (Wildman–Crippen LogP) is 2.80. The van der Waals surface area contributed by atoms with Crippen LogP contribution in [0.2, 0.25) is 0 Å². The van der Waals surface area contributed by atoms with Crippen LogP contribution in [-0.2, 0) is 26.2 Å². The molecule has 2 aromatic rings. The van der Waals surface area contributed by atoms with Gasteiger partial charge in [-0.25, -0.2) is 8.42 Å². The van der Waals surface area contributed by atoms with Crippen LogP contribution in [0.4, 0.5) is 5.69 Å². The third-order valence-corrected chi connectivity index (χ3v) is 6.61. The van der Waals surface area contributed by atoms with Gasteiger partial charge in [0, 0.05) is 13.1 Å². The van der Waals surface area contributed by atoms with E-state index in [0.717, 1.165) is 22.5 Å². The van der Waals surface area contributed by atoms with E-state index >= 15 is 0 Å². The smallest absolute Gasteiger partial charge is 0.244 e. The average Bonchev–Trinajstić information content (AvgIpc) is 2.85. The second-order valence-electron chi connectivity index (χ2n) is 8.03. The lowest BCUT2D eigenvalue weighted by atomic mass is 10.1. The van der Waals surface area contributed by atoms with Gasteiger partial charge in [0.25, 0.3) is 0 Å². The van der Waals surface area contributed by atoms with Gasteiger partial charge in [-0.05, 0) is 42.7 Å². The van der Waals surface area contributed by atoms with E-state index in [1.165, 1.54) is 12.0 Å². The molecule has 2 aromatic carbocycles. The molecule has 0 fully saturated rings. The van der Waals surface area contributed by atoms with Gasteiger partial charge in [-0.15, -0.1) is 0 Å². The van der Waals surface area contributed by atoms with Gasteiger partial charge in [-0.3, -0.25) is 13.9 Å². The van der Waals surface area contributed by atoms with Crippen LogP contribution in [0.5, 0.6) is 11.5 Å². The highest BCUT2D eigenvalue weighted by Crippen LogP contribution is 2.29. The molecule has 0 aliphatic heterocycles. The number of methoxy groups -OCH3 is 2. The fourth-order valence-corrected chi connectivity index (χ4v) is 4.50. The molecule has 2 amide bonds. The molecule has 1 atom stereocenters. The summed E-state index contributed by atoms with van der Waals surface area (Å²) in [5.74, 6) is 0.203. The molecule has 35 heavy (non-hydrogen) atoms. The van der Waals surface area contributed by atoms with Crippen molar-refractivity contribution in [2.45, 2.75) is 39.3 Å². The Kier molecular flexibility index (Phi) is 10.4. The molecule has 0 aliphatic carbocycles. The number of nitrogens with zero attached hydrogens (tertiary/aromatic N) is 2. The van der Waals surface area contributed by atoms with Crippen LogP contribution in [0.15, 0.2) is 48.5 Å². The lowest BCUT2D eigenvalue weighted by Gasteiger charge is -2.33. The van der Waals surface area contributed by atoms with Crippen LogP contribution < -0.4 is 19.1 Å². The van der Waals surface area contributed by atoms with E-state index < -0.39 is 28.5 Å². The van der Waals surface area contributed by atoms with Crippen LogP contribution in [0.25, 0.3) is 0 Å². The standard InChI is InChI=1S/C25H35N3O6S/c1-6-16-26-25(30)21(7-2)27(17-19-12-14-20(33-3)15-13-19)24(29)18-28(35(5,31)32)22-10-8-9-11-23(22)34-4/h8-15,21H,6-7,16-18H2,1-5H3,(H,26,30)/t21-/m1/s1. The number of rotatable bonds is 13. The van der Waals surface area contributed by atoms with Gasteiger partial charge in [-0.1, -0.05) is 38.1 Å². The SMILES string of the molecule is CCCNC(=O)[C@@H](CC)N(Cc1ccc(OC)cc1)C(=O)CN(c1ccccc1OC)S(C)(=O)=O. The van der Waals surface area contributed by atoms with Crippen molar-refractivity contribution in [3.8, 4) is 11.5 Å². The minimum Gasteiger partial charge on any atom is -0.497 e. The highest BCUT2D eigenvalue weighted by molar-refractivity contribution is 7.92. The summed E-state index contributed by atoms with van der Waals surface area (Å²) in [6, 6.07) is 13.0. The van der Waals surface area contributed by atoms with E-state index in [-0.39, 0.29) is 18.1 Å². The van der Waals surface area contributed by atoms with Crippen molar-refractivity contribution in [3.63, 3.8) is 0 Å². The maximum Gasteiger partial charge on any atom is 0.244 e. The van der Waals surface area contributed by atoms with Crippen LogP contribution >= 0.6 is 0 Å². The van der Waals surface area contributed by atoms with E-state index in [4.69, 9.17) is 9.47 Å².